The molecule has 0 saturated heterocycles. The largest absolute Gasteiger partial charge is 0.496 e. The summed E-state index contributed by atoms with van der Waals surface area (Å²) in [5.41, 5.74) is 3.83. The van der Waals surface area contributed by atoms with E-state index in [0.29, 0.717) is 13.2 Å². The predicted octanol–water partition coefficient (Wildman–Crippen LogP) is 2.48. The second-order valence-electron chi connectivity index (χ2n) is 6.89. The van der Waals surface area contributed by atoms with Crippen LogP contribution in [-0.2, 0) is 24.2 Å². The molecule has 2 aromatic carbocycles. The van der Waals surface area contributed by atoms with Gasteiger partial charge in [-0.2, -0.15) is 0 Å². The van der Waals surface area contributed by atoms with Crippen LogP contribution in [-0.4, -0.2) is 52.5 Å². The summed E-state index contributed by atoms with van der Waals surface area (Å²) in [6.07, 6.45) is 1.00. The van der Waals surface area contributed by atoms with E-state index in [9.17, 15) is 0 Å². The number of benzene rings is 2. The maximum Gasteiger partial charge on any atom is 0.173 e. The van der Waals surface area contributed by atoms with E-state index in [1.165, 1.54) is 11.1 Å². The molecule has 0 amide bonds. The molecule has 28 heavy (non-hydrogen) atoms. The first kappa shape index (κ1) is 18.6. The van der Waals surface area contributed by atoms with E-state index in [2.05, 4.69) is 50.8 Å². The number of fused-ring (bicyclic) bond motifs is 1. The lowest BCUT2D eigenvalue weighted by Gasteiger charge is -2.35. The third-order valence-corrected chi connectivity index (χ3v) is 5.27. The number of tetrazole rings is 1. The first-order chi connectivity index (χ1) is 13.8. The van der Waals surface area contributed by atoms with E-state index in [4.69, 9.17) is 9.47 Å². The van der Waals surface area contributed by atoms with Crippen LogP contribution >= 0.6 is 0 Å². The lowest BCUT2D eigenvalue weighted by Crippen LogP contribution is -2.36. The van der Waals surface area contributed by atoms with Crippen LogP contribution in [0.1, 0.15) is 28.6 Å². The van der Waals surface area contributed by atoms with Crippen molar-refractivity contribution in [3.63, 3.8) is 0 Å². The van der Waals surface area contributed by atoms with Gasteiger partial charge in [0.2, 0.25) is 0 Å². The van der Waals surface area contributed by atoms with Crippen molar-refractivity contribution >= 4 is 0 Å². The third kappa shape index (κ3) is 3.63. The van der Waals surface area contributed by atoms with Crippen molar-refractivity contribution in [3.05, 3.63) is 71.0 Å². The Morgan fingerprint density at radius 2 is 1.82 bits per heavy atom. The van der Waals surface area contributed by atoms with Crippen LogP contribution in [0.2, 0.25) is 0 Å². The SMILES string of the molecule is COCCn1nnnc1[C@H](c1ccccc1OC)N1CCc2ccccc2C1. The zero-order chi connectivity index (χ0) is 19.3. The molecule has 4 rings (SSSR count). The van der Waals surface area contributed by atoms with Crippen LogP contribution in [0.5, 0.6) is 5.75 Å². The molecule has 7 nitrogen and oxygen atoms in total. The van der Waals surface area contributed by atoms with Gasteiger partial charge in [-0.3, -0.25) is 4.90 Å². The summed E-state index contributed by atoms with van der Waals surface area (Å²) in [6.45, 7) is 2.93. The number of para-hydroxylation sites is 1. The van der Waals surface area contributed by atoms with Gasteiger partial charge in [0.25, 0.3) is 0 Å². The standard InChI is InChI=1S/C21H25N5O2/c1-27-14-13-26-21(22-23-24-26)20(18-9-5-6-10-19(18)28-2)25-12-11-16-7-3-4-8-17(16)15-25/h3-10,20H,11-15H2,1-2H3/t20-/m0/s1. The number of hydrogen-bond acceptors (Lipinski definition) is 6. The highest BCUT2D eigenvalue weighted by atomic mass is 16.5. The highest BCUT2D eigenvalue weighted by Gasteiger charge is 2.32. The average molecular weight is 379 g/mol. The summed E-state index contributed by atoms with van der Waals surface area (Å²) in [5, 5.41) is 12.6. The van der Waals surface area contributed by atoms with Crippen LogP contribution in [0.4, 0.5) is 0 Å². The Balaban J connectivity index is 1.76. The Bertz CT molecular complexity index is 926. The fourth-order valence-electron chi connectivity index (χ4n) is 3.87. The number of ether oxygens (including phenoxy) is 2. The highest BCUT2D eigenvalue weighted by molar-refractivity contribution is 5.40. The van der Waals surface area contributed by atoms with Crippen molar-refractivity contribution in [3.8, 4) is 5.75 Å². The minimum Gasteiger partial charge on any atom is -0.496 e. The molecule has 1 aromatic heterocycles. The summed E-state index contributed by atoms with van der Waals surface area (Å²) in [7, 11) is 3.39. The van der Waals surface area contributed by atoms with Crippen LogP contribution < -0.4 is 4.74 Å². The molecule has 0 radical (unpaired) electrons. The second kappa shape index (κ2) is 8.50. The molecule has 1 atom stereocenters. The molecule has 2 heterocycles. The van der Waals surface area contributed by atoms with Crippen LogP contribution in [0.3, 0.4) is 0 Å². The molecule has 0 aliphatic carbocycles. The van der Waals surface area contributed by atoms with Gasteiger partial charge in [0.15, 0.2) is 5.82 Å². The molecular formula is C21H25N5O2. The van der Waals surface area contributed by atoms with Gasteiger partial charge in [-0.05, 0) is 34.0 Å². The second-order valence-corrected chi connectivity index (χ2v) is 6.89. The number of rotatable bonds is 7. The van der Waals surface area contributed by atoms with E-state index in [1.807, 2.05) is 22.9 Å². The van der Waals surface area contributed by atoms with Crippen molar-refractivity contribution in [2.45, 2.75) is 25.6 Å². The first-order valence-corrected chi connectivity index (χ1v) is 9.50. The van der Waals surface area contributed by atoms with E-state index in [-0.39, 0.29) is 6.04 Å². The summed E-state index contributed by atoms with van der Waals surface area (Å²) in [5.74, 6) is 1.65. The Morgan fingerprint density at radius 1 is 1.04 bits per heavy atom. The van der Waals surface area contributed by atoms with Crippen molar-refractivity contribution in [1.29, 1.82) is 0 Å². The van der Waals surface area contributed by atoms with Crippen LogP contribution in [0, 0.1) is 0 Å². The van der Waals surface area contributed by atoms with Gasteiger partial charge < -0.3 is 9.47 Å². The minimum absolute atomic E-state index is 0.101. The van der Waals surface area contributed by atoms with Crippen molar-refractivity contribution in [2.24, 2.45) is 0 Å². The van der Waals surface area contributed by atoms with E-state index in [1.54, 1.807) is 14.2 Å². The smallest absolute Gasteiger partial charge is 0.173 e. The maximum absolute atomic E-state index is 5.68. The summed E-state index contributed by atoms with van der Waals surface area (Å²) < 4.78 is 12.7. The highest BCUT2D eigenvalue weighted by Crippen LogP contribution is 2.36. The quantitative estimate of drug-likeness (QED) is 0.628. The van der Waals surface area contributed by atoms with Gasteiger partial charge in [-0.25, -0.2) is 4.68 Å². The van der Waals surface area contributed by atoms with Gasteiger partial charge in [0.05, 0.1) is 20.3 Å². The monoisotopic (exact) mass is 379 g/mol. The van der Waals surface area contributed by atoms with Crippen molar-refractivity contribution < 1.29 is 9.47 Å². The van der Waals surface area contributed by atoms with Gasteiger partial charge in [-0.15, -0.1) is 5.10 Å². The number of aromatic nitrogens is 4. The molecular weight excluding hydrogens is 354 g/mol. The normalized spacial score (nSPS) is 15.2. The zero-order valence-corrected chi connectivity index (χ0v) is 16.3. The first-order valence-electron chi connectivity index (χ1n) is 9.50. The summed E-state index contributed by atoms with van der Waals surface area (Å²) in [6, 6.07) is 16.6. The van der Waals surface area contributed by atoms with Crippen molar-refractivity contribution in [1.82, 2.24) is 25.1 Å². The lowest BCUT2D eigenvalue weighted by atomic mass is 9.95. The van der Waals surface area contributed by atoms with E-state index < -0.39 is 0 Å². The fourth-order valence-corrected chi connectivity index (χ4v) is 3.87. The van der Waals surface area contributed by atoms with Gasteiger partial charge in [-0.1, -0.05) is 42.5 Å². The Hall–Kier alpha value is -2.77. The van der Waals surface area contributed by atoms with Gasteiger partial charge in [0, 0.05) is 25.8 Å². The zero-order valence-electron chi connectivity index (χ0n) is 16.3. The number of hydrogen-bond donors (Lipinski definition) is 0. The minimum atomic E-state index is -0.101. The Kier molecular flexibility index (Phi) is 5.64. The Morgan fingerprint density at radius 3 is 2.64 bits per heavy atom. The molecule has 0 saturated carbocycles. The van der Waals surface area contributed by atoms with Crippen molar-refractivity contribution in [2.75, 3.05) is 27.4 Å². The molecule has 3 aromatic rings. The molecule has 0 N–H and O–H groups in total. The molecule has 0 spiro atoms. The predicted molar refractivity (Wildman–Crippen MR) is 105 cm³/mol. The molecule has 1 aliphatic rings. The lowest BCUT2D eigenvalue weighted by molar-refractivity contribution is 0.168. The fraction of sp³-hybridized carbons (Fsp3) is 0.381. The molecule has 7 heteroatoms. The molecule has 0 bridgehead atoms. The number of nitrogens with zero attached hydrogens (tertiary/aromatic N) is 5. The molecule has 146 valence electrons. The molecule has 0 fully saturated rings. The topological polar surface area (TPSA) is 65.3 Å². The molecule has 1 aliphatic heterocycles. The van der Waals surface area contributed by atoms with Crippen LogP contribution in [0.15, 0.2) is 48.5 Å². The average Bonchev–Trinajstić information content (AvgIpc) is 3.21. The summed E-state index contributed by atoms with van der Waals surface area (Å²) >= 11 is 0. The maximum atomic E-state index is 5.68. The van der Waals surface area contributed by atoms with Crippen LogP contribution in [0.25, 0.3) is 0 Å². The Labute approximate surface area is 164 Å². The van der Waals surface area contributed by atoms with E-state index >= 15 is 0 Å². The van der Waals surface area contributed by atoms with Gasteiger partial charge in [0.1, 0.15) is 11.8 Å². The summed E-state index contributed by atoms with van der Waals surface area (Å²) in [4.78, 5) is 2.43. The van der Waals surface area contributed by atoms with Gasteiger partial charge >= 0.3 is 0 Å². The van der Waals surface area contributed by atoms with E-state index in [0.717, 1.165) is 36.6 Å². The number of methoxy groups -OCH3 is 2. The third-order valence-electron chi connectivity index (χ3n) is 5.27. The molecule has 0 unspecified atom stereocenters.